The van der Waals surface area contributed by atoms with Crippen molar-refractivity contribution in [1.29, 1.82) is 0 Å². The van der Waals surface area contributed by atoms with E-state index in [4.69, 9.17) is 10.5 Å². The second-order valence-electron chi connectivity index (χ2n) is 4.27. The summed E-state index contributed by atoms with van der Waals surface area (Å²) in [5, 5.41) is 5.29. The summed E-state index contributed by atoms with van der Waals surface area (Å²) in [7, 11) is 1.62. The van der Waals surface area contributed by atoms with Gasteiger partial charge in [-0.25, -0.2) is 4.98 Å². The highest BCUT2D eigenvalue weighted by Gasteiger charge is 2.06. The minimum absolute atomic E-state index is 0.0116. The normalized spacial score (nSPS) is 10.2. The number of thiazole rings is 1. The van der Waals surface area contributed by atoms with Crippen molar-refractivity contribution >= 4 is 22.4 Å². The monoisotopic (exact) mass is 291 g/mol. The van der Waals surface area contributed by atoms with E-state index in [9.17, 15) is 4.79 Å². The molecule has 0 atom stereocenters. The molecule has 5 nitrogen and oxygen atoms in total. The van der Waals surface area contributed by atoms with Crippen molar-refractivity contribution in [2.24, 2.45) is 0 Å². The van der Waals surface area contributed by atoms with Crippen LogP contribution in [0.15, 0.2) is 29.6 Å². The molecular formula is C14H17N3O2S. The number of ether oxygens (including phenoxy) is 1. The molecule has 2 aromatic rings. The first kappa shape index (κ1) is 14.3. The smallest absolute Gasteiger partial charge is 0.220 e. The van der Waals surface area contributed by atoms with Crippen LogP contribution in [0.1, 0.15) is 17.7 Å². The van der Waals surface area contributed by atoms with E-state index in [1.165, 1.54) is 11.3 Å². The molecule has 1 aromatic heterocycles. The molecule has 0 radical (unpaired) electrons. The van der Waals surface area contributed by atoms with Crippen LogP contribution in [0.2, 0.25) is 0 Å². The number of methoxy groups -OCH3 is 1. The largest absolute Gasteiger partial charge is 0.496 e. The third kappa shape index (κ3) is 3.96. The highest BCUT2D eigenvalue weighted by molar-refractivity contribution is 7.13. The van der Waals surface area contributed by atoms with Gasteiger partial charge in [0.1, 0.15) is 5.75 Å². The Morgan fingerprint density at radius 3 is 2.95 bits per heavy atom. The lowest BCUT2D eigenvalue weighted by molar-refractivity contribution is -0.121. The Balaban J connectivity index is 1.80. The van der Waals surface area contributed by atoms with Crippen molar-refractivity contribution in [3.05, 3.63) is 40.9 Å². The van der Waals surface area contributed by atoms with Crippen molar-refractivity contribution in [3.63, 3.8) is 0 Å². The number of carbonyl (C=O) groups excluding carboxylic acids is 1. The Hall–Kier alpha value is -2.08. The Morgan fingerprint density at radius 1 is 1.45 bits per heavy atom. The Kier molecular flexibility index (Phi) is 4.95. The van der Waals surface area contributed by atoms with E-state index < -0.39 is 0 Å². The molecule has 2 rings (SSSR count). The zero-order valence-corrected chi connectivity index (χ0v) is 12.1. The maximum absolute atomic E-state index is 11.8. The van der Waals surface area contributed by atoms with E-state index in [1.807, 2.05) is 29.6 Å². The predicted molar refractivity (Wildman–Crippen MR) is 79.7 cm³/mol. The molecule has 0 spiro atoms. The van der Waals surface area contributed by atoms with Gasteiger partial charge in [-0.3, -0.25) is 4.79 Å². The van der Waals surface area contributed by atoms with Crippen molar-refractivity contribution in [2.75, 3.05) is 12.8 Å². The molecule has 20 heavy (non-hydrogen) atoms. The van der Waals surface area contributed by atoms with Gasteiger partial charge in [-0.15, -0.1) is 11.3 Å². The number of rotatable bonds is 6. The van der Waals surface area contributed by atoms with Crippen LogP contribution < -0.4 is 15.8 Å². The lowest BCUT2D eigenvalue weighted by Crippen LogP contribution is -2.23. The molecule has 0 aliphatic rings. The first-order valence-corrected chi connectivity index (χ1v) is 7.15. The van der Waals surface area contributed by atoms with Gasteiger partial charge in [-0.1, -0.05) is 18.2 Å². The lowest BCUT2D eigenvalue weighted by Gasteiger charge is -2.09. The summed E-state index contributed by atoms with van der Waals surface area (Å²) in [6.07, 6.45) is 1.00. The van der Waals surface area contributed by atoms with Crippen LogP contribution in [0.3, 0.4) is 0 Å². The molecule has 0 unspecified atom stereocenters. The average molecular weight is 291 g/mol. The Labute approximate surface area is 121 Å². The summed E-state index contributed by atoms with van der Waals surface area (Å²) in [5.74, 6) is 0.766. The van der Waals surface area contributed by atoms with E-state index in [0.717, 1.165) is 17.0 Å². The van der Waals surface area contributed by atoms with Crippen LogP contribution >= 0.6 is 11.3 Å². The van der Waals surface area contributed by atoms with Gasteiger partial charge < -0.3 is 15.8 Å². The molecule has 0 aliphatic carbocycles. The van der Waals surface area contributed by atoms with Gasteiger partial charge in [0, 0.05) is 23.9 Å². The molecule has 6 heteroatoms. The molecule has 1 heterocycles. The maximum atomic E-state index is 11.8. The predicted octanol–water partition coefficient (Wildman–Crippen LogP) is 1.98. The van der Waals surface area contributed by atoms with Gasteiger partial charge in [-0.2, -0.15) is 0 Å². The summed E-state index contributed by atoms with van der Waals surface area (Å²) in [5.41, 5.74) is 7.37. The highest BCUT2D eigenvalue weighted by atomic mass is 32.1. The van der Waals surface area contributed by atoms with Crippen LogP contribution in [-0.2, 0) is 17.8 Å². The maximum Gasteiger partial charge on any atom is 0.220 e. The number of aromatic nitrogens is 1. The fourth-order valence-corrected chi connectivity index (χ4v) is 2.41. The first-order chi connectivity index (χ1) is 9.69. The summed E-state index contributed by atoms with van der Waals surface area (Å²) in [4.78, 5) is 15.9. The minimum Gasteiger partial charge on any atom is -0.496 e. The number of benzene rings is 1. The zero-order valence-electron chi connectivity index (χ0n) is 11.3. The van der Waals surface area contributed by atoms with Gasteiger partial charge in [0.05, 0.1) is 12.8 Å². The third-order valence-electron chi connectivity index (χ3n) is 2.85. The Bertz CT molecular complexity index is 583. The number of nitrogens with one attached hydrogen (secondary N) is 1. The van der Waals surface area contributed by atoms with Gasteiger partial charge in [0.2, 0.25) is 5.91 Å². The van der Waals surface area contributed by atoms with Crippen LogP contribution in [0.4, 0.5) is 5.13 Å². The van der Waals surface area contributed by atoms with Crippen molar-refractivity contribution < 1.29 is 9.53 Å². The number of nitrogen functional groups attached to an aromatic ring is 1. The van der Waals surface area contributed by atoms with Crippen molar-refractivity contribution in [2.45, 2.75) is 19.4 Å². The quantitative estimate of drug-likeness (QED) is 0.853. The summed E-state index contributed by atoms with van der Waals surface area (Å²) in [6.45, 7) is 0.460. The number of nitrogens with zero attached hydrogens (tertiary/aromatic N) is 1. The highest BCUT2D eigenvalue weighted by Crippen LogP contribution is 2.17. The fourth-order valence-electron chi connectivity index (χ4n) is 1.81. The number of nitrogens with two attached hydrogens (primary N) is 1. The minimum atomic E-state index is -0.0116. The van der Waals surface area contributed by atoms with Gasteiger partial charge in [0.25, 0.3) is 0 Å². The second-order valence-corrected chi connectivity index (χ2v) is 5.16. The first-order valence-electron chi connectivity index (χ1n) is 6.27. The van der Waals surface area contributed by atoms with Crippen LogP contribution in [0.5, 0.6) is 5.75 Å². The van der Waals surface area contributed by atoms with Gasteiger partial charge in [0.15, 0.2) is 5.13 Å². The molecular weight excluding hydrogens is 274 g/mol. The number of hydrogen-bond acceptors (Lipinski definition) is 5. The standard InChI is InChI=1S/C14H17N3O2S/c1-19-12-5-3-2-4-10(12)8-16-13(18)7-6-11-9-20-14(15)17-11/h2-5,9H,6-8H2,1H3,(H2,15,17)(H,16,18). The van der Waals surface area contributed by atoms with Crippen LogP contribution in [-0.4, -0.2) is 18.0 Å². The van der Waals surface area contributed by atoms with E-state index in [1.54, 1.807) is 7.11 Å². The summed E-state index contributed by atoms with van der Waals surface area (Å²) < 4.78 is 5.24. The number of carbonyl (C=O) groups is 1. The Morgan fingerprint density at radius 2 is 2.25 bits per heavy atom. The van der Waals surface area contributed by atoms with E-state index in [-0.39, 0.29) is 5.91 Å². The van der Waals surface area contributed by atoms with Crippen LogP contribution in [0.25, 0.3) is 0 Å². The molecule has 0 aliphatic heterocycles. The molecule has 1 amide bonds. The molecule has 0 fully saturated rings. The fraction of sp³-hybridized carbons (Fsp3) is 0.286. The van der Waals surface area contributed by atoms with Crippen molar-refractivity contribution in [3.8, 4) is 5.75 Å². The van der Waals surface area contributed by atoms with E-state index in [2.05, 4.69) is 10.3 Å². The molecule has 0 saturated carbocycles. The zero-order chi connectivity index (χ0) is 14.4. The number of anilines is 1. The molecule has 0 saturated heterocycles. The average Bonchev–Trinajstić information content (AvgIpc) is 2.89. The topological polar surface area (TPSA) is 77.2 Å². The van der Waals surface area contributed by atoms with E-state index in [0.29, 0.717) is 24.5 Å². The molecule has 1 aromatic carbocycles. The van der Waals surface area contributed by atoms with Gasteiger partial charge in [-0.05, 0) is 12.5 Å². The van der Waals surface area contributed by atoms with Crippen LogP contribution in [0, 0.1) is 0 Å². The molecule has 3 N–H and O–H groups in total. The molecule has 0 bridgehead atoms. The van der Waals surface area contributed by atoms with Gasteiger partial charge >= 0.3 is 0 Å². The summed E-state index contributed by atoms with van der Waals surface area (Å²) >= 11 is 1.39. The number of hydrogen-bond donors (Lipinski definition) is 2. The lowest BCUT2D eigenvalue weighted by atomic mass is 10.2. The summed E-state index contributed by atoms with van der Waals surface area (Å²) in [6, 6.07) is 7.62. The third-order valence-corrected chi connectivity index (χ3v) is 3.57. The SMILES string of the molecule is COc1ccccc1CNC(=O)CCc1csc(N)n1. The number of amides is 1. The van der Waals surface area contributed by atoms with Crippen molar-refractivity contribution in [1.82, 2.24) is 10.3 Å². The number of aryl methyl sites for hydroxylation is 1. The second kappa shape index (κ2) is 6.91. The molecule has 106 valence electrons. The number of para-hydroxylation sites is 1. The van der Waals surface area contributed by atoms with E-state index >= 15 is 0 Å².